The molecule has 0 aliphatic carbocycles. The predicted octanol–water partition coefficient (Wildman–Crippen LogP) is 19.7. The third kappa shape index (κ3) is 17.7. The van der Waals surface area contributed by atoms with Gasteiger partial charge in [0.1, 0.15) is 0 Å². The van der Waals surface area contributed by atoms with Crippen molar-refractivity contribution in [3.05, 3.63) is 57.6 Å². The Kier molecular flexibility index (Phi) is 26.8. The molecule has 0 atom stereocenters. The third-order valence-electron chi connectivity index (χ3n) is 18.1. The average molecular weight is 1790 g/mol. The summed E-state index contributed by atoms with van der Waals surface area (Å²) in [4.78, 5) is 0. The first-order valence-corrected chi connectivity index (χ1v) is 83.3. The predicted molar refractivity (Wildman–Crippen MR) is 411 cm³/mol. The van der Waals surface area contributed by atoms with Crippen LogP contribution >= 0.6 is 0 Å². The normalized spacial score (nSPS) is 15.4. The van der Waals surface area contributed by atoms with Crippen LogP contribution in [-0.2, 0) is 8.57 Å². The van der Waals surface area contributed by atoms with Crippen molar-refractivity contribution >= 4 is 193 Å². The minimum Gasteiger partial charge on any atom is 0 e. The molecule has 0 saturated heterocycles. The van der Waals surface area contributed by atoms with E-state index in [-0.39, 0.29) is 23.7 Å². The summed E-state index contributed by atoms with van der Waals surface area (Å²) >= 11 is 2.92. The van der Waals surface area contributed by atoms with Gasteiger partial charge in [0, 0.05) is 23.7 Å². The first-order valence-electron chi connectivity index (χ1n) is 30.2. The molecule has 0 aliphatic heterocycles. The van der Waals surface area contributed by atoms with Crippen LogP contribution < -0.4 is 6.54 Å². The van der Waals surface area contributed by atoms with Gasteiger partial charge in [-0.25, -0.2) is 0 Å². The van der Waals surface area contributed by atoms with Crippen LogP contribution in [-0.4, -0.2) is 186 Å². The maximum atomic E-state index is 2.92. The molecule has 17 heteroatoms. The molecule has 446 valence electrons. The molecule has 0 amide bonds. The first-order chi connectivity index (χ1) is 32.5. The summed E-state index contributed by atoms with van der Waals surface area (Å²) in [6.45, 7) is 113. The van der Waals surface area contributed by atoms with Crippen molar-refractivity contribution in [2.45, 2.75) is 304 Å². The Morgan fingerprint density at radius 1 is 0.234 bits per heavy atom. The van der Waals surface area contributed by atoms with Crippen LogP contribution in [0.4, 0.5) is 0 Å². The summed E-state index contributed by atoms with van der Waals surface area (Å²) in [5, 5.41) is 3.28. The van der Waals surface area contributed by atoms with Gasteiger partial charge in [0.25, 0.3) is 0 Å². The van der Waals surface area contributed by atoms with Crippen molar-refractivity contribution in [1.29, 1.82) is 0 Å². The van der Waals surface area contributed by atoms with Crippen LogP contribution in [0.3, 0.4) is 0 Å². The Hall–Kier alpha value is 4.03. The smallest absolute Gasteiger partial charge is 0 e. The fourth-order valence-corrected chi connectivity index (χ4v) is 139. The molecule has 0 aliphatic rings. The molecular formula is C60H134Bi2Si14Te. The Balaban J connectivity index is 0.00000148. The van der Waals surface area contributed by atoms with Gasteiger partial charge < -0.3 is 0 Å². The largest absolute Gasteiger partial charge is 0 e. The number of rotatable bonds is 20. The van der Waals surface area contributed by atoms with Crippen molar-refractivity contribution < 1.29 is 0 Å². The standard InChI is InChI=1S/2C30H67Si7.2Bi.Te/c2*1-31(2,3)28(32(4,5)6)25-22-26(29(33(7,8)9)34(10,11)12)24-27(23-25)30(35(13,14)15,36(16,17)18)37(19,20)21;;;/h2*23-24,28-29H,1-21H3;;;. The molecule has 0 unspecified atom stereocenters. The Morgan fingerprint density at radius 2 is 0.338 bits per heavy atom. The SMILES string of the molecule is C[Si](C)(C)C(c1cc(C([Si](C)(C)C)([Si](C)(C)C)[Si](C)(C)C)cc(C([Si](C)(C)C)[Si](C)(C)C)[c]1[Bi])[Si](C)(C)C.C[Si](C)(C)C(c1cc(C([Si](C)(C)C)([Si](C)(C)C)[Si](C)(C)C)cc(C([Si](C)(C)C)[Si](C)(C)C)[c]1[Bi])[Si](C)(C)C.[Te]. The zero-order chi connectivity index (χ0) is 61.8. The summed E-state index contributed by atoms with van der Waals surface area (Å²) in [5.41, 5.74) is 11.1. The van der Waals surface area contributed by atoms with Crippen molar-refractivity contribution in [1.82, 2.24) is 0 Å². The van der Waals surface area contributed by atoms with E-state index in [0.717, 1.165) is 20.7 Å². The molecule has 2 rings (SSSR count). The molecule has 0 saturated carbocycles. The Bertz CT molecular complexity index is 1900. The quantitative estimate of drug-likeness (QED) is 0.116. The molecular weight excluding hydrogens is 1660 g/mol. The summed E-state index contributed by atoms with van der Waals surface area (Å²) in [5.74, 6) is 0. The monoisotopic (exact) mass is 1790 g/mol. The molecule has 0 nitrogen and oxygen atoms in total. The van der Waals surface area contributed by atoms with E-state index < -0.39 is 113 Å². The minimum atomic E-state index is -1.59. The first kappa shape index (κ1) is 81.0. The van der Waals surface area contributed by atoms with Crippen molar-refractivity contribution in [3.8, 4) is 0 Å². The molecule has 2 aromatic carbocycles. The van der Waals surface area contributed by atoms with Crippen LogP contribution in [0, 0.1) is 0 Å². The van der Waals surface area contributed by atoms with E-state index in [9.17, 15) is 0 Å². The van der Waals surface area contributed by atoms with Crippen LogP contribution in [0.15, 0.2) is 24.3 Å². The second-order valence-corrected chi connectivity index (χ2v) is 122. The van der Waals surface area contributed by atoms with E-state index in [1.165, 1.54) is 49.4 Å². The van der Waals surface area contributed by atoms with Crippen molar-refractivity contribution in [3.63, 3.8) is 0 Å². The molecule has 0 spiro atoms. The maximum absolute atomic E-state index is 2.92. The molecule has 6 radical (unpaired) electrons. The zero-order valence-electron chi connectivity index (χ0n) is 59.9. The second-order valence-electron chi connectivity index (χ2n) is 39.7. The Labute approximate surface area is 547 Å². The number of benzene rings is 2. The van der Waals surface area contributed by atoms with Gasteiger partial charge in [-0.3, -0.25) is 0 Å². The van der Waals surface area contributed by atoms with Crippen molar-refractivity contribution in [2.75, 3.05) is 0 Å². The second kappa shape index (κ2) is 25.5. The molecule has 0 fully saturated rings. The van der Waals surface area contributed by atoms with E-state index in [0.29, 0.717) is 8.57 Å². The van der Waals surface area contributed by atoms with Gasteiger partial charge in [0.2, 0.25) is 0 Å². The van der Waals surface area contributed by atoms with Crippen LogP contribution in [0.25, 0.3) is 0 Å². The number of hydrogen-bond acceptors (Lipinski definition) is 0. The molecule has 0 heterocycles. The summed E-state index contributed by atoms with van der Waals surface area (Å²) < 4.78 is 4.51. The molecule has 0 bridgehead atoms. The molecule has 77 heavy (non-hydrogen) atoms. The fraction of sp³-hybridized carbons (Fsp3) is 0.800. The summed E-state index contributed by atoms with van der Waals surface area (Å²) in [7, 11) is -20.9. The molecule has 0 aromatic heterocycles. The van der Waals surface area contributed by atoms with Gasteiger partial charge in [-0.1, -0.05) is 0 Å². The van der Waals surface area contributed by atoms with E-state index in [2.05, 4.69) is 299 Å². The number of hydrogen-bond donors (Lipinski definition) is 0. The van der Waals surface area contributed by atoms with Gasteiger partial charge in [-0.2, -0.15) is 0 Å². The third-order valence-corrected chi connectivity index (χ3v) is 102. The minimum absolute atomic E-state index is 0. The van der Waals surface area contributed by atoms with Crippen LogP contribution in [0.1, 0.15) is 54.0 Å². The van der Waals surface area contributed by atoms with Crippen LogP contribution in [0.5, 0.6) is 0 Å². The van der Waals surface area contributed by atoms with Crippen molar-refractivity contribution in [2.24, 2.45) is 0 Å². The Morgan fingerprint density at radius 3 is 0.416 bits per heavy atom. The van der Waals surface area contributed by atoms with Gasteiger partial charge in [-0.15, -0.1) is 0 Å². The van der Waals surface area contributed by atoms with E-state index in [1.807, 2.05) is 39.9 Å². The zero-order valence-corrected chi connectivity index (χ0v) is 83.2. The fourth-order valence-electron chi connectivity index (χ4n) is 20.9. The van der Waals surface area contributed by atoms with Crippen LogP contribution in [0.2, 0.25) is 275 Å². The van der Waals surface area contributed by atoms with E-state index in [4.69, 9.17) is 0 Å². The summed E-state index contributed by atoms with van der Waals surface area (Å²) in [6.07, 6.45) is 0. The molecule has 0 N–H and O–H groups in total. The van der Waals surface area contributed by atoms with Gasteiger partial charge in [0.15, 0.2) is 0 Å². The topological polar surface area (TPSA) is 0 Å². The van der Waals surface area contributed by atoms with Gasteiger partial charge in [-0.05, 0) is 0 Å². The molecule has 2 aromatic rings. The van der Waals surface area contributed by atoms with Gasteiger partial charge >= 0.3 is 531 Å². The maximum Gasteiger partial charge on any atom is 0 e. The van der Waals surface area contributed by atoms with E-state index in [1.54, 1.807) is 0 Å². The summed E-state index contributed by atoms with van der Waals surface area (Å²) in [6, 6.07) is 11.7. The van der Waals surface area contributed by atoms with E-state index >= 15 is 0 Å². The average Bonchev–Trinajstić information content (AvgIpc) is 3.00. The van der Waals surface area contributed by atoms with Gasteiger partial charge in [0.05, 0.1) is 0 Å².